The first-order chi connectivity index (χ1) is 5.99. The first kappa shape index (κ1) is 8.87. The summed E-state index contributed by atoms with van der Waals surface area (Å²) in [6.07, 6.45) is 1.58. The van der Waals surface area contributed by atoms with Crippen molar-refractivity contribution < 1.29 is 8.78 Å². The predicted octanol–water partition coefficient (Wildman–Crippen LogP) is 2.82. The van der Waals surface area contributed by atoms with Crippen molar-refractivity contribution in [2.75, 3.05) is 0 Å². The highest BCUT2D eigenvalue weighted by atomic mass is 32.1. The molecule has 72 valence electrons. The van der Waals surface area contributed by atoms with Gasteiger partial charge in [0, 0.05) is 30.8 Å². The Hall–Kier alpha value is -0.710. The Morgan fingerprint density at radius 3 is 2.62 bits per heavy atom. The predicted molar refractivity (Wildman–Crippen MR) is 47.6 cm³/mol. The SMILES string of the molecule is Cc1c[nH]c(=S)n1C1CC(F)(F)C1. The van der Waals surface area contributed by atoms with Gasteiger partial charge in [-0.2, -0.15) is 0 Å². The normalized spacial score (nSPS) is 21.5. The van der Waals surface area contributed by atoms with E-state index < -0.39 is 5.92 Å². The number of alkyl halides is 2. The van der Waals surface area contributed by atoms with Crippen LogP contribution in [-0.2, 0) is 0 Å². The summed E-state index contributed by atoms with van der Waals surface area (Å²) in [6, 6.07) is -0.117. The first-order valence-electron chi connectivity index (χ1n) is 4.14. The molecule has 1 aliphatic rings. The van der Waals surface area contributed by atoms with Gasteiger partial charge in [0.2, 0.25) is 0 Å². The lowest BCUT2D eigenvalue weighted by Crippen LogP contribution is -2.37. The molecule has 0 aliphatic heterocycles. The molecule has 1 saturated carbocycles. The van der Waals surface area contributed by atoms with Crippen molar-refractivity contribution in [3.05, 3.63) is 16.7 Å². The van der Waals surface area contributed by atoms with E-state index in [-0.39, 0.29) is 18.9 Å². The van der Waals surface area contributed by atoms with Crippen LogP contribution >= 0.6 is 12.2 Å². The Bertz CT molecular complexity index is 372. The van der Waals surface area contributed by atoms with Crippen LogP contribution in [0, 0.1) is 11.7 Å². The molecule has 2 rings (SSSR count). The molecule has 2 nitrogen and oxygen atoms in total. The largest absolute Gasteiger partial charge is 0.337 e. The molecule has 5 heteroatoms. The molecule has 0 bridgehead atoms. The zero-order valence-electron chi connectivity index (χ0n) is 7.18. The second-order valence-electron chi connectivity index (χ2n) is 3.52. The Morgan fingerprint density at radius 2 is 2.23 bits per heavy atom. The van der Waals surface area contributed by atoms with Crippen molar-refractivity contribution in [2.45, 2.75) is 31.7 Å². The first-order valence-corrected chi connectivity index (χ1v) is 4.55. The molecule has 0 saturated heterocycles. The average molecular weight is 204 g/mol. The molecular weight excluding hydrogens is 194 g/mol. The molecule has 0 amide bonds. The van der Waals surface area contributed by atoms with Gasteiger partial charge in [0.15, 0.2) is 4.77 Å². The zero-order chi connectivity index (χ0) is 9.64. The van der Waals surface area contributed by atoms with Crippen molar-refractivity contribution in [1.82, 2.24) is 9.55 Å². The highest BCUT2D eigenvalue weighted by molar-refractivity contribution is 7.71. The van der Waals surface area contributed by atoms with Crippen LogP contribution in [0.1, 0.15) is 24.6 Å². The summed E-state index contributed by atoms with van der Waals surface area (Å²) in [5, 5.41) is 0. The Morgan fingerprint density at radius 1 is 1.62 bits per heavy atom. The van der Waals surface area contributed by atoms with Crippen molar-refractivity contribution in [3.63, 3.8) is 0 Å². The number of imidazole rings is 1. The van der Waals surface area contributed by atoms with Gasteiger partial charge >= 0.3 is 0 Å². The van der Waals surface area contributed by atoms with Gasteiger partial charge in [-0.05, 0) is 19.1 Å². The minimum Gasteiger partial charge on any atom is -0.337 e. The molecule has 1 fully saturated rings. The second-order valence-corrected chi connectivity index (χ2v) is 3.91. The van der Waals surface area contributed by atoms with Crippen LogP contribution in [0.3, 0.4) is 0 Å². The van der Waals surface area contributed by atoms with Crippen LogP contribution in [0.25, 0.3) is 0 Å². The molecule has 1 heterocycles. The summed E-state index contributed by atoms with van der Waals surface area (Å²) < 4.78 is 27.5. The fourth-order valence-corrected chi connectivity index (χ4v) is 2.08. The number of nitrogens with one attached hydrogen (secondary N) is 1. The number of nitrogens with zero attached hydrogens (tertiary/aromatic N) is 1. The Kier molecular flexibility index (Phi) is 1.80. The number of aromatic nitrogens is 2. The molecule has 1 aromatic heterocycles. The number of aryl methyl sites for hydroxylation is 1. The molecule has 0 atom stereocenters. The number of hydrogen-bond donors (Lipinski definition) is 1. The lowest BCUT2D eigenvalue weighted by molar-refractivity contribution is -0.104. The zero-order valence-corrected chi connectivity index (χ0v) is 8.00. The van der Waals surface area contributed by atoms with E-state index in [9.17, 15) is 8.78 Å². The van der Waals surface area contributed by atoms with E-state index in [0.29, 0.717) is 4.77 Å². The topological polar surface area (TPSA) is 20.7 Å². The molecular formula is C8H10F2N2S. The molecule has 0 aromatic carbocycles. The lowest BCUT2D eigenvalue weighted by atomic mass is 9.88. The molecule has 13 heavy (non-hydrogen) atoms. The molecule has 0 spiro atoms. The van der Waals surface area contributed by atoms with Gasteiger partial charge < -0.3 is 9.55 Å². The maximum absolute atomic E-state index is 12.6. The van der Waals surface area contributed by atoms with Crippen LogP contribution < -0.4 is 0 Å². The third kappa shape index (κ3) is 1.41. The fourth-order valence-electron chi connectivity index (χ4n) is 1.73. The monoisotopic (exact) mass is 204 g/mol. The van der Waals surface area contributed by atoms with E-state index in [0.717, 1.165) is 5.69 Å². The van der Waals surface area contributed by atoms with Crippen molar-refractivity contribution in [1.29, 1.82) is 0 Å². The number of hydrogen-bond acceptors (Lipinski definition) is 1. The number of aromatic amines is 1. The van der Waals surface area contributed by atoms with Crippen LogP contribution in [0.15, 0.2) is 6.20 Å². The minimum absolute atomic E-state index is 0.0833. The molecule has 0 radical (unpaired) electrons. The van der Waals surface area contributed by atoms with E-state index in [1.165, 1.54) is 0 Å². The van der Waals surface area contributed by atoms with Gasteiger partial charge in [0.05, 0.1) is 0 Å². The number of rotatable bonds is 1. The number of H-pyrrole nitrogens is 1. The summed E-state index contributed by atoms with van der Waals surface area (Å²) in [5.41, 5.74) is 0.922. The summed E-state index contributed by atoms with van der Waals surface area (Å²) in [5.74, 6) is -2.48. The number of halogens is 2. The Labute approximate surface area is 79.6 Å². The van der Waals surface area contributed by atoms with Gasteiger partial charge in [-0.25, -0.2) is 8.78 Å². The summed E-state index contributed by atoms with van der Waals surface area (Å²) in [7, 11) is 0. The van der Waals surface area contributed by atoms with Gasteiger partial charge in [0.25, 0.3) is 5.92 Å². The second kappa shape index (κ2) is 2.64. The third-order valence-corrected chi connectivity index (χ3v) is 2.75. The fraction of sp³-hybridized carbons (Fsp3) is 0.625. The summed E-state index contributed by atoms with van der Waals surface area (Å²) >= 11 is 4.99. The van der Waals surface area contributed by atoms with Crippen molar-refractivity contribution in [2.24, 2.45) is 0 Å². The van der Waals surface area contributed by atoms with Crippen LogP contribution in [-0.4, -0.2) is 15.5 Å². The molecule has 0 unspecified atom stereocenters. The van der Waals surface area contributed by atoms with Crippen molar-refractivity contribution >= 4 is 12.2 Å². The van der Waals surface area contributed by atoms with Gasteiger partial charge in [-0.3, -0.25) is 0 Å². The third-order valence-electron chi connectivity index (χ3n) is 2.44. The maximum atomic E-state index is 12.6. The highest BCUT2D eigenvalue weighted by Crippen LogP contribution is 2.45. The van der Waals surface area contributed by atoms with Crippen LogP contribution in [0.4, 0.5) is 8.78 Å². The summed E-state index contributed by atoms with van der Waals surface area (Å²) in [6.45, 7) is 1.86. The van der Waals surface area contributed by atoms with E-state index >= 15 is 0 Å². The minimum atomic E-state index is -2.48. The highest BCUT2D eigenvalue weighted by Gasteiger charge is 2.46. The average Bonchev–Trinajstić information content (AvgIpc) is 2.26. The van der Waals surface area contributed by atoms with Gasteiger partial charge in [-0.15, -0.1) is 0 Å². The van der Waals surface area contributed by atoms with E-state index in [1.807, 2.05) is 6.92 Å². The molecule has 1 N–H and O–H groups in total. The van der Waals surface area contributed by atoms with Crippen molar-refractivity contribution in [3.8, 4) is 0 Å². The van der Waals surface area contributed by atoms with Crippen LogP contribution in [0.5, 0.6) is 0 Å². The summed E-state index contributed by atoms with van der Waals surface area (Å²) in [4.78, 5) is 2.85. The van der Waals surface area contributed by atoms with Gasteiger partial charge in [-0.1, -0.05) is 0 Å². The molecule has 1 aliphatic carbocycles. The Balaban J connectivity index is 2.25. The van der Waals surface area contributed by atoms with Gasteiger partial charge in [0.1, 0.15) is 0 Å². The van der Waals surface area contributed by atoms with E-state index in [1.54, 1.807) is 10.8 Å². The lowest BCUT2D eigenvalue weighted by Gasteiger charge is -2.36. The smallest absolute Gasteiger partial charge is 0.252 e. The quantitative estimate of drug-likeness (QED) is 0.697. The van der Waals surface area contributed by atoms with Crippen LogP contribution in [0.2, 0.25) is 0 Å². The maximum Gasteiger partial charge on any atom is 0.252 e. The molecule has 1 aromatic rings. The van der Waals surface area contributed by atoms with E-state index in [2.05, 4.69) is 4.98 Å². The standard InChI is InChI=1S/C8H10F2N2S/c1-5-4-11-7(13)12(5)6-2-8(9,10)3-6/h4,6H,2-3H2,1H3,(H,11,13). The van der Waals surface area contributed by atoms with E-state index in [4.69, 9.17) is 12.2 Å².